The number of hydrogen-bond donors (Lipinski definition) is 1. The smallest absolute Gasteiger partial charge is 0.260 e. The summed E-state index contributed by atoms with van der Waals surface area (Å²) < 4.78 is 17.1. The second-order valence-electron chi connectivity index (χ2n) is 6.90. The Kier molecular flexibility index (Phi) is 4.95. The molecule has 0 saturated heterocycles. The third kappa shape index (κ3) is 3.80. The summed E-state index contributed by atoms with van der Waals surface area (Å²) in [7, 11) is 0. The average Bonchev–Trinajstić information content (AvgIpc) is 3.37. The Labute approximate surface area is 167 Å². The summed E-state index contributed by atoms with van der Waals surface area (Å²) in [5.41, 5.74) is 2.35. The van der Waals surface area contributed by atoms with Crippen LogP contribution in [0.3, 0.4) is 0 Å². The van der Waals surface area contributed by atoms with E-state index in [0.717, 1.165) is 11.3 Å². The number of carbonyl (C=O) groups is 1. The van der Waals surface area contributed by atoms with Gasteiger partial charge in [0.2, 0.25) is 0 Å². The van der Waals surface area contributed by atoms with Crippen LogP contribution >= 0.6 is 0 Å². The Morgan fingerprint density at radius 2 is 1.79 bits per heavy atom. The first-order valence-corrected chi connectivity index (χ1v) is 9.29. The molecule has 1 amide bonds. The normalized spacial score (nSPS) is 11.0. The molecule has 0 radical (unpaired) electrons. The van der Waals surface area contributed by atoms with Gasteiger partial charge in [0.15, 0.2) is 0 Å². The highest BCUT2D eigenvalue weighted by Crippen LogP contribution is 2.25. The van der Waals surface area contributed by atoms with E-state index in [1.54, 1.807) is 22.9 Å². The molecule has 0 fully saturated rings. The maximum absolute atomic E-state index is 14.0. The largest absolute Gasteiger partial charge is 0.307 e. The van der Waals surface area contributed by atoms with Gasteiger partial charge in [-0.25, -0.2) is 13.8 Å². The Balaban J connectivity index is 1.60. The number of hydrogen-bond acceptors (Lipinski definition) is 3. The molecule has 0 aliphatic carbocycles. The van der Waals surface area contributed by atoms with Crippen LogP contribution in [-0.4, -0.2) is 25.5 Å². The van der Waals surface area contributed by atoms with Gasteiger partial charge < -0.3 is 5.32 Å². The maximum Gasteiger partial charge on any atom is 0.260 e. The van der Waals surface area contributed by atoms with Crippen molar-refractivity contribution in [3.63, 3.8) is 0 Å². The zero-order chi connectivity index (χ0) is 20.4. The first-order valence-electron chi connectivity index (χ1n) is 9.29. The minimum atomic E-state index is -0.409. The van der Waals surface area contributed by atoms with Crippen molar-refractivity contribution in [2.45, 2.75) is 19.9 Å². The fourth-order valence-corrected chi connectivity index (χ4v) is 3.03. The van der Waals surface area contributed by atoms with Gasteiger partial charge in [0, 0.05) is 23.9 Å². The molecule has 2 aromatic carbocycles. The van der Waals surface area contributed by atoms with Crippen molar-refractivity contribution in [3.05, 3.63) is 84.4 Å². The lowest BCUT2D eigenvalue weighted by Crippen LogP contribution is -2.16. The first kappa shape index (κ1) is 18.6. The second kappa shape index (κ2) is 7.71. The number of rotatable bonds is 5. The van der Waals surface area contributed by atoms with Crippen molar-refractivity contribution >= 4 is 11.7 Å². The summed E-state index contributed by atoms with van der Waals surface area (Å²) in [6.07, 6.45) is 2.91. The van der Waals surface area contributed by atoms with Crippen LogP contribution in [0.2, 0.25) is 0 Å². The molecule has 2 aromatic heterocycles. The van der Waals surface area contributed by atoms with Crippen LogP contribution < -0.4 is 5.32 Å². The fraction of sp³-hybridized carbons (Fsp3) is 0.136. The van der Waals surface area contributed by atoms with E-state index < -0.39 is 5.82 Å². The van der Waals surface area contributed by atoms with Gasteiger partial charge in [-0.1, -0.05) is 42.5 Å². The number of amides is 1. The molecule has 4 rings (SSSR count). The van der Waals surface area contributed by atoms with Gasteiger partial charge in [-0.2, -0.15) is 10.2 Å². The SMILES string of the molecule is CC(C)n1nc(-c2ccccc2)cc1NC(=O)c1cnn(-c2ccccc2F)c1. The van der Waals surface area contributed by atoms with Gasteiger partial charge in [0.1, 0.15) is 17.3 Å². The molecule has 0 aliphatic rings. The van der Waals surface area contributed by atoms with E-state index in [-0.39, 0.29) is 17.6 Å². The summed E-state index contributed by atoms with van der Waals surface area (Å²) in [4.78, 5) is 12.8. The van der Waals surface area contributed by atoms with Crippen LogP contribution in [0.4, 0.5) is 10.2 Å². The van der Waals surface area contributed by atoms with Gasteiger partial charge in [0.05, 0.1) is 17.5 Å². The Morgan fingerprint density at radius 3 is 2.52 bits per heavy atom. The van der Waals surface area contributed by atoms with E-state index in [4.69, 9.17) is 0 Å². The van der Waals surface area contributed by atoms with Crippen molar-refractivity contribution in [3.8, 4) is 16.9 Å². The molecule has 0 unspecified atom stereocenters. The van der Waals surface area contributed by atoms with Gasteiger partial charge in [-0.3, -0.25) is 4.79 Å². The van der Waals surface area contributed by atoms with E-state index in [0.29, 0.717) is 11.4 Å². The molecule has 29 heavy (non-hydrogen) atoms. The zero-order valence-electron chi connectivity index (χ0n) is 16.1. The predicted octanol–water partition coefficient (Wildman–Crippen LogP) is 4.71. The molecule has 0 spiro atoms. The number of anilines is 1. The Hall–Kier alpha value is -3.74. The standard InChI is InChI=1S/C22H20FN5O/c1-15(2)28-21(12-19(26-28)16-8-4-3-5-9-16)25-22(29)17-13-24-27(14-17)20-11-7-6-10-18(20)23/h3-15H,1-2H3,(H,25,29). The lowest BCUT2D eigenvalue weighted by molar-refractivity contribution is 0.102. The van der Waals surface area contributed by atoms with Gasteiger partial charge in [-0.05, 0) is 26.0 Å². The highest BCUT2D eigenvalue weighted by atomic mass is 19.1. The summed E-state index contributed by atoms with van der Waals surface area (Å²) >= 11 is 0. The average molecular weight is 389 g/mol. The van der Waals surface area contributed by atoms with E-state index >= 15 is 0 Å². The minimum Gasteiger partial charge on any atom is -0.307 e. The van der Waals surface area contributed by atoms with E-state index in [1.165, 1.54) is 23.1 Å². The molecule has 0 aliphatic heterocycles. The van der Waals surface area contributed by atoms with Crippen LogP contribution in [0.15, 0.2) is 73.1 Å². The van der Waals surface area contributed by atoms with Crippen molar-refractivity contribution in [1.82, 2.24) is 19.6 Å². The van der Waals surface area contributed by atoms with E-state index in [1.807, 2.05) is 50.2 Å². The van der Waals surface area contributed by atoms with E-state index in [9.17, 15) is 9.18 Å². The monoisotopic (exact) mass is 389 g/mol. The van der Waals surface area contributed by atoms with E-state index in [2.05, 4.69) is 15.5 Å². The van der Waals surface area contributed by atoms with Crippen molar-refractivity contribution < 1.29 is 9.18 Å². The van der Waals surface area contributed by atoms with Crippen LogP contribution in [0.5, 0.6) is 0 Å². The lowest BCUT2D eigenvalue weighted by atomic mass is 10.1. The molecule has 0 atom stereocenters. The number of halogens is 1. The van der Waals surface area contributed by atoms with Crippen LogP contribution in [0, 0.1) is 5.82 Å². The molecule has 1 N–H and O–H groups in total. The van der Waals surface area contributed by atoms with Crippen LogP contribution in [-0.2, 0) is 0 Å². The third-order valence-corrected chi connectivity index (χ3v) is 4.48. The number of carbonyl (C=O) groups excluding carboxylic acids is 1. The summed E-state index contributed by atoms with van der Waals surface area (Å²) in [6, 6.07) is 17.9. The number of aromatic nitrogens is 4. The molecule has 2 heterocycles. The lowest BCUT2D eigenvalue weighted by Gasteiger charge is -2.11. The van der Waals surface area contributed by atoms with Gasteiger partial charge >= 0.3 is 0 Å². The highest BCUT2D eigenvalue weighted by molar-refractivity contribution is 6.03. The van der Waals surface area contributed by atoms with Crippen molar-refractivity contribution in [2.75, 3.05) is 5.32 Å². The molecule has 0 saturated carbocycles. The quantitative estimate of drug-likeness (QED) is 0.538. The molecule has 7 heteroatoms. The zero-order valence-corrected chi connectivity index (χ0v) is 16.1. The first-order chi connectivity index (χ1) is 14.0. The molecular formula is C22H20FN5O. The van der Waals surface area contributed by atoms with Crippen molar-refractivity contribution in [2.24, 2.45) is 0 Å². The van der Waals surface area contributed by atoms with Gasteiger partial charge in [-0.15, -0.1) is 0 Å². The molecule has 4 aromatic rings. The van der Waals surface area contributed by atoms with Gasteiger partial charge in [0.25, 0.3) is 5.91 Å². The number of nitrogens with one attached hydrogen (secondary N) is 1. The number of nitrogens with zero attached hydrogens (tertiary/aromatic N) is 4. The third-order valence-electron chi connectivity index (χ3n) is 4.48. The summed E-state index contributed by atoms with van der Waals surface area (Å²) in [6.45, 7) is 3.99. The Morgan fingerprint density at radius 1 is 1.07 bits per heavy atom. The highest BCUT2D eigenvalue weighted by Gasteiger charge is 2.17. The molecular weight excluding hydrogens is 369 g/mol. The minimum absolute atomic E-state index is 0.0592. The number of para-hydroxylation sites is 1. The predicted molar refractivity (Wildman–Crippen MR) is 110 cm³/mol. The van der Waals surface area contributed by atoms with Crippen LogP contribution in [0.25, 0.3) is 16.9 Å². The Bertz CT molecular complexity index is 1150. The molecule has 6 nitrogen and oxygen atoms in total. The van der Waals surface area contributed by atoms with Crippen LogP contribution in [0.1, 0.15) is 30.2 Å². The second-order valence-corrected chi connectivity index (χ2v) is 6.90. The summed E-state index contributed by atoms with van der Waals surface area (Å²) in [5, 5.41) is 11.6. The fourth-order valence-electron chi connectivity index (χ4n) is 3.03. The number of benzene rings is 2. The molecule has 0 bridgehead atoms. The maximum atomic E-state index is 14.0. The molecule has 146 valence electrons. The van der Waals surface area contributed by atoms with Crippen molar-refractivity contribution in [1.29, 1.82) is 0 Å². The summed E-state index contributed by atoms with van der Waals surface area (Å²) in [5.74, 6) is -0.163. The topological polar surface area (TPSA) is 64.7 Å².